The van der Waals surface area contributed by atoms with Crippen molar-refractivity contribution >= 4 is 10.0 Å². The first kappa shape index (κ1) is 15.7. The van der Waals surface area contributed by atoms with Crippen molar-refractivity contribution in [3.8, 4) is 5.88 Å². The van der Waals surface area contributed by atoms with Crippen molar-refractivity contribution in [2.75, 3.05) is 26.9 Å². The predicted molar refractivity (Wildman–Crippen MR) is 78.3 cm³/mol. The van der Waals surface area contributed by atoms with Gasteiger partial charge in [-0.05, 0) is 12.5 Å². The zero-order chi connectivity index (χ0) is 15.6. The Bertz CT molecular complexity index is 628. The van der Waals surface area contributed by atoms with E-state index in [0.29, 0.717) is 39.1 Å². The number of nitrogens with zero attached hydrogens (tertiary/aromatic N) is 1. The summed E-state index contributed by atoms with van der Waals surface area (Å²) in [7, 11) is -2.26. The summed E-state index contributed by atoms with van der Waals surface area (Å²) >= 11 is 0. The maximum absolute atomic E-state index is 12.6. The Balaban J connectivity index is 1.81. The van der Waals surface area contributed by atoms with Gasteiger partial charge in [-0.25, -0.2) is 18.1 Å². The number of hydrogen-bond donors (Lipinski definition) is 1. The average molecular weight is 328 g/mol. The maximum Gasteiger partial charge on any atom is 0.258 e. The summed E-state index contributed by atoms with van der Waals surface area (Å²) < 4.78 is 44.1. The molecule has 3 heterocycles. The van der Waals surface area contributed by atoms with E-state index in [9.17, 15) is 8.42 Å². The largest absolute Gasteiger partial charge is 0.481 e. The van der Waals surface area contributed by atoms with Crippen LogP contribution in [0, 0.1) is 0 Å². The molecule has 0 bridgehead atoms. The highest BCUT2D eigenvalue weighted by Crippen LogP contribution is 2.36. The molecule has 22 heavy (non-hydrogen) atoms. The van der Waals surface area contributed by atoms with E-state index < -0.39 is 15.6 Å². The van der Waals surface area contributed by atoms with Crippen LogP contribution >= 0.6 is 0 Å². The number of nitrogens with one attached hydrogen (secondary N) is 1. The minimum absolute atomic E-state index is 0.0408. The molecule has 1 aromatic rings. The number of methoxy groups -OCH3 is 1. The van der Waals surface area contributed by atoms with Gasteiger partial charge in [-0.1, -0.05) is 6.07 Å². The van der Waals surface area contributed by atoms with Gasteiger partial charge in [0, 0.05) is 38.7 Å². The smallest absolute Gasteiger partial charge is 0.258 e. The zero-order valence-electron chi connectivity index (χ0n) is 12.4. The summed E-state index contributed by atoms with van der Waals surface area (Å²) in [5, 5.41) is -0.0408. The van der Waals surface area contributed by atoms with Crippen LogP contribution in [0.15, 0.2) is 23.2 Å². The van der Waals surface area contributed by atoms with Gasteiger partial charge in [0.1, 0.15) is 0 Å². The van der Waals surface area contributed by atoms with Crippen LogP contribution in [-0.2, 0) is 19.5 Å². The van der Waals surface area contributed by atoms with Crippen LogP contribution < -0.4 is 9.46 Å². The quantitative estimate of drug-likeness (QED) is 0.876. The van der Waals surface area contributed by atoms with Gasteiger partial charge < -0.3 is 14.2 Å². The van der Waals surface area contributed by atoms with Gasteiger partial charge in [0.05, 0.1) is 18.8 Å². The molecule has 0 radical (unpaired) electrons. The number of aromatic nitrogens is 1. The third-order valence-corrected chi connectivity index (χ3v) is 5.62. The van der Waals surface area contributed by atoms with Crippen LogP contribution in [0.3, 0.4) is 0 Å². The summed E-state index contributed by atoms with van der Waals surface area (Å²) in [6.07, 6.45) is 2.06. The van der Waals surface area contributed by atoms with Crippen molar-refractivity contribution in [1.82, 2.24) is 9.71 Å². The molecule has 0 aromatic carbocycles. The second-order valence-electron chi connectivity index (χ2n) is 5.51. The molecule has 7 nitrogen and oxygen atoms in total. The van der Waals surface area contributed by atoms with Gasteiger partial charge >= 0.3 is 0 Å². The minimum Gasteiger partial charge on any atom is -0.481 e. The van der Waals surface area contributed by atoms with Crippen molar-refractivity contribution in [1.29, 1.82) is 0 Å². The highest BCUT2D eigenvalue weighted by molar-refractivity contribution is 7.89. The Kier molecular flexibility index (Phi) is 4.35. The zero-order valence-corrected chi connectivity index (χ0v) is 13.3. The van der Waals surface area contributed by atoms with Crippen LogP contribution in [0.25, 0.3) is 0 Å². The highest BCUT2D eigenvalue weighted by Gasteiger charge is 2.47. The normalized spacial score (nSPS) is 24.5. The fraction of sp³-hybridized carbons (Fsp3) is 0.643. The maximum atomic E-state index is 12.6. The van der Waals surface area contributed by atoms with E-state index in [0.717, 1.165) is 0 Å². The third kappa shape index (κ3) is 2.96. The Morgan fingerprint density at radius 1 is 1.32 bits per heavy atom. The summed E-state index contributed by atoms with van der Waals surface area (Å²) in [4.78, 5) is 4.00. The molecule has 1 aromatic heterocycles. The summed E-state index contributed by atoms with van der Waals surface area (Å²) in [5.41, 5.74) is -0.454. The summed E-state index contributed by atoms with van der Waals surface area (Å²) in [6.45, 7) is 1.74. The van der Waals surface area contributed by atoms with Gasteiger partial charge in [0.25, 0.3) is 10.0 Å². The SMILES string of the molecule is COc1cccc(S(=O)(=O)NC2CCOC23CCOCC3)n1. The molecular weight excluding hydrogens is 308 g/mol. The van der Waals surface area contributed by atoms with Gasteiger partial charge in [-0.3, -0.25) is 0 Å². The molecule has 2 aliphatic rings. The predicted octanol–water partition coefficient (Wildman–Crippen LogP) is 0.707. The molecule has 8 heteroatoms. The average Bonchev–Trinajstić information content (AvgIpc) is 2.89. The molecule has 0 saturated carbocycles. The third-order valence-electron chi connectivity index (χ3n) is 4.25. The van der Waals surface area contributed by atoms with Gasteiger partial charge in [-0.2, -0.15) is 0 Å². The van der Waals surface area contributed by atoms with Gasteiger partial charge in [0.15, 0.2) is 5.03 Å². The first-order valence-electron chi connectivity index (χ1n) is 7.31. The second-order valence-corrected chi connectivity index (χ2v) is 7.17. The first-order chi connectivity index (χ1) is 10.6. The molecule has 0 amide bonds. The van der Waals surface area contributed by atoms with Crippen molar-refractivity contribution in [3.05, 3.63) is 18.2 Å². The molecule has 1 spiro atoms. The Morgan fingerprint density at radius 2 is 2.09 bits per heavy atom. The van der Waals surface area contributed by atoms with E-state index in [2.05, 4.69) is 9.71 Å². The fourth-order valence-electron chi connectivity index (χ4n) is 3.03. The van der Waals surface area contributed by atoms with Crippen molar-refractivity contribution < 1.29 is 22.6 Å². The lowest BCUT2D eigenvalue weighted by Crippen LogP contribution is -2.52. The molecule has 2 saturated heterocycles. The number of pyridine rings is 1. The molecule has 1 atom stereocenters. The molecule has 2 fully saturated rings. The second kappa shape index (κ2) is 6.11. The van der Waals surface area contributed by atoms with Crippen LogP contribution in [0.4, 0.5) is 0 Å². The van der Waals surface area contributed by atoms with Crippen LogP contribution in [-0.4, -0.2) is 52.0 Å². The summed E-state index contributed by atoms with van der Waals surface area (Å²) in [5.74, 6) is 0.270. The lowest BCUT2D eigenvalue weighted by molar-refractivity contribution is -0.0858. The van der Waals surface area contributed by atoms with E-state index in [4.69, 9.17) is 14.2 Å². The van der Waals surface area contributed by atoms with Gasteiger partial charge in [-0.15, -0.1) is 0 Å². The first-order valence-corrected chi connectivity index (χ1v) is 8.79. The molecule has 1 unspecified atom stereocenters. The molecule has 2 aliphatic heterocycles. The molecular formula is C14H20N2O5S. The number of rotatable bonds is 4. The lowest BCUT2D eigenvalue weighted by atomic mass is 9.87. The van der Waals surface area contributed by atoms with Gasteiger partial charge in [0.2, 0.25) is 5.88 Å². The van der Waals surface area contributed by atoms with Crippen molar-refractivity contribution in [2.45, 2.75) is 35.9 Å². The van der Waals surface area contributed by atoms with Crippen LogP contribution in [0.5, 0.6) is 5.88 Å². The van der Waals surface area contributed by atoms with E-state index in [1.807, 2.05) is 0 Å². The summed E-state index contributed by atoms with van der Waals surface area (Å²) in [6, 6.07) is 4.42. The topological polar surface area (TPSA) is 86.8 Å². The molecule has 3 rings (SSSR count). The highest BCUT2D eigenvalue weighted by atomic mass is 32.2. The van der Waals surface area contributed by atoms with Crippen molar-refractivity contribution in [2.24, 2.45) is 0 Å². The number of hydrogen-bond acceptors (Lipinski definition) is 6. The number of ether oxygens (including phenoxy) is 3. The standard InChI is InChI=1S/C14H20N2O5S/c1-19-12-3-2-4-13(15-12)22(17,18)16-11-5-8-21-14(11)6-9-20-10-7-14/h2-4,11,16H,5-10H2,1H3. The fourth-order valence-corrected chi connectivity index (χ4v) is 4.32. The van der Waals surface area contributed by atoms with Crippen LogP contribution in [0.2, 0.25) is 0 Å². The minimum atomic E-state index is -3.71. The monoisotopic (exact) mass is 328 g/mol. The van der Waals surface area contributed by atoms with Crippen molar-refractivity contribution in [3.63, 3.8) is 0 Å². The van der Waals surface area contributed by atoms with E-state index in [-0.39, 0.29) is 16.9 Å². The molecule has 1 N–H and O–H groups in total. The Morgan fingerprint density at radius 3 is 2.82 bits per heavy atom. The van der Waals surface area contributed by atoms with E-state index >= 15 is 0 Å². The lowest BCUT2D eigenvalue weighted by Gasteiger charge is -2.37. The van der Waals surface area contributed by atoms with E-state index in [1.54, 1.807) is 12.1 Å². The van der Waals surface area contributed by atoms with Crippen LogP contribution in [0.1, 0.15) is 19.3 Å². The molecule has 0 aliphatic carbocycles. The molecule has 122 valence electrons. The van der Waals surface area contributed by atoms with E-state index in [1.165, 1.54) is 13.2 Å². The number of sulfonamides is 1. The Labute approximate surface area is 130 Å². The Hall–Kier alpha value is -1.22.